The van der Waals surface area contributed by atoms with Crippen LogP contribution in [0.4, 0.5) is 0 Å². The van der Waals surface area contributed by atoms with Crippen molar-refractivity contribution in [3.05, 3.63) is 29.8 Å². The molecule has 1 aromatic carbocycles. The fourth-order valence-electron chi connectivity index (χ4n) is 4.07. The molecule has 21 heavy (non-hydrogen) atoms. The van der Waals surface area contributed by atoms with Gasteiger partial charge in [-0.25, -0.2) is 0 Å². The van der Waals surface area contributed by atoms with Crippen molar-refractivity contribution in [2.75, 3.05) is 39.8 Å². The largest absolute Gasteiger partial charge is 0.496 e. The lowest BCUT2D eigenvalue weighted by atomic mass is 9.74. The second-order valence-electron chi connectivity index (χ2n) is 6.72. The van der Waals surface area contributed by atoms with Gasteiger partial charge in [-0.3, -0.25) is 0 Å². The zero-order valence-electron chi connectivity index (χ0n) is 13.2. The second-order valence-corrected chi connectivity index (χ2v) is 6.72. The highest BCUT2D eigenvalue weighted by molar-refractivity contribution is 5.33. The van der Waals surface area contributed by atoms with E-state index in [0.29, 0.717) is 5.41 Å². The van der Waals surface area contributed by atoms with Crippen LogP contribution in [0.3, 0.4) is 0 Å². The van der Waals surface area contributed by atoms with Gasteiger partial charge in [-0.15, -0.1) is 0 Å². The molecule has 2 aliphatic heterocycles. The van der Waals surface area contributed by atoms with E-state index in [9.17, 15) is 0 Å². The summed E-state index contributed by atoms with van der Waals surface area (Å²) >= 11 is 0. The van der Waals surface area contributed by atoms with Crippen LogP contribution in [-0.2, 0) is 6.42 Å². The normalized spacial score (nSPS) is 26.9. The lowest BCUT2D eigenvalue weighted by Crippen LogP contribution is -2.51. The van der Waals surface area contributed by atoms with E-state index in [-0.39, 0.29) is 0 Å². The van der Waals surface area contributed by atoms with Gasteiger partial charge in [0.2, 0.25) is 0 Å². The molecule has 1 spiro atoms. The van der Waals surface area contributed by atoms with Crippen molar-refractivity contribution in [1.82, 2.24) is 10.2 Å². The smallest absolute Gasteiger partial charge is 0.122 e. The van der Waals surface area contributed by atoms with E-state index in [1.165, 1.54) is 57.4 Å². The summed E-state index contributed by atoms with van der Waals surface area (Å²) in [6, 6.07) is 8.42. The molecule has 116 valence electrons. The van der Waals surface area contributed by atoms with Crippen LogP contribution in [0.25, 0.3) is 0 Å². The molecule has 2 heterocycles. The molecule has 2 saturated heterocycles. The minimum Gasteiger partial charge on any atom is -0.496 e. The van der Waals surface area contributed by atoms with Crippen molar-refractivity contribution in [2.24, 2.45) is 5.41 Å². The number of hydrogen-bond donors (Lipinski definition) is 1. The number of piperidine rings is 2. The predicted octanol–water partition coefficient (Wildman–Crippen LogP) is 2.70. The quantitative estimate of drug-likeness (QED) is 0.922. The number of likely N-dealkylation sites (tertiary alicyclic amines) is 1. The molecule has 2 aliphatic rings. The van der Waals surface area contributed by atoms with Crippen molar-refractivity contribution in [1.29, 1.82) is 0 Å². The number of rotatable bonds is 4. The summed E-state index contributed by atoms with van der Waals surface area (Å²) in [6.07, 6.45) is 6.61. The Hall–Kier alpha value is -1.06. The van der Waals surface area contributed by atoms with Crippen LogP contribution in [0.2, 0.25) is 0 Å². The molecular formula is C18H28N2O. The van der Waals surface area contributed by atoms with E-state index in [0.717, 1.165) is 18.7 Å². The first kappa shape index (κ1) is 14.9. The van der Waals surface area contributed by atoms with Crippen LogP contribution >= 0.6 is 0 Å². The van der Waals surface area contributed by atoms with Gasteiger partial charge in [0, 0.05) is 19.6 Å². The molecule has 0 bridgehead atoms. The van der Waals surface area contributed by atoms with Gasteiger partial charge in [0.05, 0.1) is 7.11 Å². The number of nitrogens with zero attached hydrogens (tertiary/aromatic N) is 1. The van der Waals surface area contributed by atoms with Gasteiger partial charge < -0.3 is 15.0 Å². The monoisotopic (exact) mass is 288 g/mol. The summed E-state index contributed by atoms with van der Waals surface area (Å²) < 4.78 is 5.47. The number of nitrogens with one attached hydrogen (secondary N) is 1. The van der Waals surface area contributed by atoms with Crippen LogP contribution in [0.1, 0.15) is 31.2 Å². The highest BCUT2D eigenvalue weighted by atomic mass is 16.5. The summed E-state index contributed by atoms with van der Waals surface area (Å²) in [4.78, 5) is 2.67. The number of para-hydroxylation sites is 1. The third-order valence-corrected chi connectivity index (χ3v) is 5.19. The fraction of sp³-hybridized carbons (Fsp3) is 0.667. The van der Waals surface area contributed by atoms with Crippen molar-refractivity contribution < 1.29 is 4.74 Å². The summed E-state index contributed by atoms with van der Waals surface area (Å²) in [5.41, 5.74) is 1.89. The number of benzene rings is 1. The lowest BCUT2D eigenvalue weighted by Gasteiger charge is -2.45. The Kier molecular flexibility index (Phi) is 4.81. The molecule has 2 fully saturated rings. The average molecular weight is 288 g/mol. The first-order valence-corrected chi connectivity index (χ1v) is 8.36. The summed E-state index contributed by atoms with van der Waals surface area (Å²) in [5, 5.41) is 3.61. The van der Waals surface area contributed by atoms with E-state index in [1.807, 2.05) is 6.07 Å². The van der Waals surface area contributed by atoms with Crippen LogP contribution in [0.5, 0.6) is 5.75 Å². The maximum atomic E-state index is 5.47. The number of hydrogen-bond acceptors (Lipinski definition) is 3. The highest BCUT2D eigenvalue weighted by Crippen LogP contribution is 2.35. The van der Waals surface area contributed by atoms with Gasteiger partial charge in [-0.2, -0.15) is 0 Å². The Bertz CT molecular complexity index is 449. The summed E-state index contributed by atoms with van der Waals surface area (Å²) in [7, 11) is 1.77. The standard InChI is InChI=1S/C18H28N2O/c1-21-17-7-3-2-6-16(17)8-13-20-12-5-10-18(15-20)9-4-11-19-14-18/h2-3,6-7,19H,4-5,8-15H2,1H3. The van der Waals surface area contributed by atoms with Gasteiger partial charge in [-0.1, -0.05) is 18.2 Å². The zero-order valence-corrected chi connectivity index (χ0v) is 13.2. The van der Waals surface area contributed by atoms with Crippen LogP contribution in [0, 0.1) is 5.41 Å². The molecule has 0 amide bonds. The molecule has 3 heteroatoms. The van der Waals surface area contributed by atoms with E-state index in [1.54, 1.807) is 7.11 Å². The molecule has 1 atom stereocenters. The molecule has 0 aromatic heterocycles. The summed E-state index contributed by atoms with van der Waals surface area (Å²) in [6.45, 7) is 6.12. The Balaban J connectivity index is 1.57. The maximum Gasteiger partial charge on any atom is 0.122 e. The van der Waals surface area contributed by atoms with Gasteiger partial charge >= 0.3 is 0 Å². The Morgan fingerprint density at radius 3 is 2.90 bits per heavy atom. The van der Waals surface area contributed by atoms with Crippen molar-refractivity contribution >= 4 is 0 Å². The third-order valence-electron chi connectivity index (χ3n) is 5.19. The molecule has 0 aliphatic carbocycles. The van der Waals surface area contributed by atoms with Crippen LogP contribution < -0.4 is 10.1 Å². The van der Waals surface area contributed by atoms with Gasteiger partial charge in [0.15, 0.2) is 0 Å². The first-order valence-electron chi connectivity index (χ1n) is 8.36. The van der Waals surface area contributed by atoms with Crippen LogP contribution in [-0.4, -0.2) is 44.7 Å². The minimum atomic E-state index is 0.553. The fourth-order valence-corrected chi connectivity index (χ4v) is 4.07. The lowest BCUT2D eigenvalue weighted by molar-refractivity contribution is 0.0653. The molecule has 0 saturated carbocycles. The molecular weight excluding hydrogens is 260 g/mol. The SMILES string of the molecule is COc1ccccc1CCN1CCCC2(CCCNC2)C1. The topological polar surface area (TPSA) is 24.5 Å². The summed E-state index contributed by atoms with van der Waals surface area (Å²) in [5.74, 6) is 1.03. The highest BCUT2D eigenvalue weighted by Gasteiger charge is 2.36. The molecule has 1 aromatic rings. The van der Waals surface area contributed by atoms with E-state index in [4.69, 9.17) is 4.74 Å². The van der Waals surface area contributed by atoms with E-state index < -0.39 is 0 Å². The Labute approximate surface area is 128 Å². The number of methoxy groups -OCH3 is 1. The molecule has 3 nitrogen and oxygen atoms in total. The van der Waals surface area contributed by atoms with Gasteiger partial charge in [0.25, 0.3) is 0 Å². The van der Waals surface area contributed by atoms with Gasteiger partial charge in [-0.05, 0) is 62.2 Å². The predicted molar refractivity (Wildman–Crippen MR) is 86.9 cm³/mol. The van der Waals surface area contributed by atoms with E-state index in [2.05, 4.69) is 28.4 Å². The molecule has 0 radical (unpaired) electrons. The molecule has 1 unspecified atom stereocenters. The maximum absolute atomic E-state index is 5.47. The van der Waals surface area contributed by atoms with Gasteiger partial charge in [0.1, 0.15) is 5.75 Å². The second kappa shape index (κ2) is 6.80. The molecule has 1 N–H and O–H groups in total. The molecule has 3 rings (SSSR count). The van der Waals surface area contributed by atoms with Crippen molar-refractivity contribution in [3.8, 4) is 5.75 Å². The Morgan fingerprint density at radius 2 is 2.10 bits per heavy atom. The Morgan fingerprint density at radius 1 is 1.24 bits per heavy atom. The van der Waals surface area contributed by atoms with Crippen LogP contribution in [0.15, 0.2) is 24.3 Å². The zero-order chi connectivity index (χ0) is 14.5. The van der Waals surface area contributed by atoms with Crippen molar-refractivity contribution in [2.45, 2.75) is 32.1 Å². The van der Waals surface area contributed by atoms with E-state index >= 15 is 0 Å². The first-order chi connectivity index (χ1) is 10.3. The third kappa shape index (κ3) is 3.58. The average Bonchev–Trinajstić information content (AvgIpc) is 2.54. The van der Waals surface area contributed by atoms with Crippen molar-refractivity contribution in [3.63, 3.8) is 0 Å². The number of ether oxygens (including phenoxy) is 1. The minimum absolute atomic E-state index is 0.553.